The van der Waals surface area contributed by atoms with Gasteiger partial charge in [0.05, 0.1) is 23.4 Å². The molecule has 1 amide bonds. The smallest absolute Gasteiger partial charge is 0.272 e. The number of fused-ring (bicyclic) bond motifs is 1. The van der Waals surface area contributed by atoms with Crippen molar-refractivity contribution in [2.24, 2.45) is 5.92 Å². The van der Waals surface area contributed by atoms with Gasteiger partial charge in [-0.3, -0.25) is 9.48 Å². The van der Waals surface area contributed by atoms with E-state index in [0.717, 1.165) is 17.5 Å². The van der Waals surface area contributed by atoms with E-state index in [9.17, 15) is 26.4 Å². The van der Waals surface area contributed by atoms with Gasteiger partial charge >= 0.3 is 0 Å². The third-order valence-corrected chi connectivity index (χ3v) is 8.61. The molecule has 4 rings (SSSR count). The van der Waals surface area contributed by atoms with E-state index < -0.39 is 34.2 Å². The molecule has 1 fully saturated rings. The zero-order chi connectivity index (χ0) is 26.3. The minimum Gasteiger partial charge on any atom is -0.472 e. The Balaban J connectivity index is 1.58. The van der Waals surface area contributed by atoms with Crippen LogP contribution in [-0.2, 0) is 27.5 Å². The Morgan fingerprint density at radius 3 is 2.64 bits per heavy atom. The first-order valence-corrected chi connectivity index (χ1v) is 13.9. The van der Waals surface area contributed by atoms with Crippen LogP contribution in [0.1, 0.15) is 57.3 Å². The molecule has 0 spiro atoms. The number of amides is 1. The van der Waals surface area contributed by atoms with Crippen molar-refractivity contribution >= 4 is 15.7 Å². The third-order valence-electron chi connectivity index (χ3n) is 6.96. The summed E-state index contributed by atoms with van der Waals surface area (Å²) in [6, 6.07) is 1.22. The lowest BCUT2D eigenvalue weighted by atomic mass is 9.84. The Hall–Kier alpha value is -2.63. The first-order valence-electron chi connectivity index (χ1n) is 12.1. The van der Waals surface area contributed by atoms with Gasteiger partial charge in [0, 0.05) is 46.8 Å². The lowest BCUT2D eigenvalue weighted by molar-refractivity contribution is -0.127. The number of sulfone groups is 1. The molecule has 0 aromatic carbocycles. The highest BCUT2D eigenvalue weighted by molar-refractivity contribution is 7.91. The number of carbonyl (C=O) groups is 1. The second-order valence-electron chi connectivity index (χ2n) is 10.2. The number of hydrogen-bond acceptors (Lipinski definition) is 6. The molecule has 12 heteroatoms. The number of nitrogens with zero attached hydrogens (tertiary/aromatic N) is 3. The lowest BCUT2D eigenvalue weighted by Gasteiger charge is -2.36. The van der Waals surface area contributed by atoms with E-state index in [1.54, 1.807) is 4.68 Å². The molecule has 1 aliphatic carbocycles. The summed E-state index contributed by atoms with van der Waals surface area (Å²) in [7, 11) is -3.05. The highest BCUT2D eigenvalue weighted by atomic mass is 32.2. The van der Waals surface area contributed by atoms with Crippen LogP contribution in [0.3, 0.4) is 0 Å². The van der Waals surface area contributed by atoms with Crippen molar-refractivity contribution in [1.29, 1.82) is 0 Å². The molecule has 0 unspecified atom stereocenters. The second-order valence-corrected chi connectivity index (χ2v) is 12.5. The van der Waals surface area contributed by atoms with Crippen LogP contribution in [0.4, 0.5) is 13.2 Å². The summed E-state index contributed by atoms with van der Waals surface area (Å²) in [4.78, 5) is 16.9. The summed E-state index contributed by atoms with van der Waals surface area (Å²) in [5, 5.41) is 7.73. The summed E-state index contributed by atoms with van der Waals surface area (Å²) < 4.78 is 70.2. The van der Waals surface area contributed by atoms with Crippen LogP contribution < -0.4 is 10.1 Å². The van der Waals surface area contributed by atoms with Gasteiger partial charge in [-0.05, 0) is 46.5 Å². The highest BCUT2D eigenvalue weighted by Crippen LogP contribution is 2.37. The van der Waals surface area contributed by atoms with Crippen LogP contribution in [0.5, 0.6) is 5.88 Å². The lowest BCUT2D eigenvalue weighted by Crippen LogP contribution is -2.53. The molecule has 2 aromatic heterocycles. The van der Waals surface area contributed by atoms with Gasteiger partial charge in [-0.2, -0.15) is 5.10 Å². The quantitative estimate of drug-likeness (QED) is 0.590. The largest absolute Gasteiger partial charge is 0.472 e. The fourth-order valence-electron chi connectivity index (χ4n) is 4.85. The summed E-state index contributed by atoms with van der Waals surface area (Å²) in [6.45, 7) is 4.90. The number of hydrogen-bond donors (Lipinski definition) is 1. The van der Waals surface area contributed by atoms with Crippen LogP contribution in [0.15, 0.2) is 12.3 Å². The number of halogens is 3. The zero-order valence-corrected chi connectivity index (χ0v) is 21.4. The molecule has 0 bridgehead atoms. The second kappa shape index (κ2) is 10.0. The number of alkyl halides is 2. The zero-order valence-electron chi connectivity index (χ0n) is 20.6. The molecule has 1 aliphatic heterocycles. The summed E-state index contributed by atoms with van der Waals surface area (Å²) in [5.74, 6) is -1.10. The molecule has 1 atom stereocenters. The number of rotatable bonds is 7. The van der Waals surface area contributed by atoms with Crippen molar-refractivity contribution in [3.8, 4) is 17.1 Å². The fraction of sp³-hybridized carbons (Fsp3) is 0.625. The summed E-state index contributed by atoms with van der Waals surface area (Å²) >= 11 is 0. The fourth-order valence-corrected chi connectivity index (χ4v) is 6.57. The molecule has 1 saturated heterocycles. The van der Waals surface area contributed by atoms with E-state index in [1.165, 1.54) is 6.07 Å². The molecule has 0 radical (unpaired) electrons. The minimum atomic E-state index is -3.05. The van der Waals surface area contributed by atoms with Crippen molar-refractivity contribution in [3.63, 3.8) is 0 Å². The number of ether oxygens (including phenoxy) is 1. The number of aromatic nitrogens is 3. The van der Waals surface area contributed by atoms with Crippen molar-refractivity contribution in [3.05, 3.63) is 29.3 Å². The van der Waals surface area contributed by atoms with E-state index in [2.05, 4.69) is 15.4 Å². The standard InChI is InChI=1S/C24H31F3N4O4S/c1-14(2)31-19-10-15(23(32)29-24(3)6-8-36(33,34)9-7-24)4-5-16(19)22(30-31)17-11-21(28-12-18(17)25)35-13-20(26)27/h11-12,14-15,20H,4-10,13H2,1-3H3,(H,29,32)/t15-/m1/s1. The summed E-state index contributed by atoms with van der Waals surface area (Å²) in [5.41, 5.74) is 1.58. The molecular formula is C24H31F3N4O4S. The highest BCUT2D eigenvalue weighted by Gasteiger charge is 2.38. The maximum atomic E-state index is 14.8. The van der Waals surface area contributed by atoms with Gasteiger partial charge in [0.1, 0.15) is 9.84 Å². The van der Waals surface area contributed by atoms with Gasteiger partial charge in [0.15, 0.2) is 12.4 Å². The maximum Gasteiger partial charge on any atom is 0.272 e. The van der Waals surface area contributed by atoms with Crippen molar-refractivity contribution in [2.75, 3.05) is 18.1 Å². The van der Waals surface area contributed by atoms with Gasteiger partial charge in [-0.15, -0.1) is 0 Å². The molecule has 8 nitrogen and oxygen atoms in total. The van der Waals surface area contributed by atoms with Gasteiger partial charge in [0.2, 0.25) is 11.8 Å². The van der Waals surface area contributed by atoms with Crippen molar-refractivity contribution < 1.29 is 31.1 Å². The van der Waals surface area contributed by atoms with Crippen LogP contribution in [0, 0.1) is 11.7 Å². The third kappa shape index (κ3) is 5.68. The van der Waals surface area contributed by atoms with E-state index in [1.807, 2.05) is 20.8 Å². The van der Waals surface area contributed by atoms with Crippen LogP contribution >= 0.6 is 0 Å². The molecule has 0 saturated carbocycles. The molecule has 2 aromatic rings. The van der Waals surface area contributed by atoms with E-state index in [-0.39, 0.29) is 40.8 Å². The predicted octanol–water partition coefficient (Wildman–Crippen LogP) is 3.50. The Morgan fingerprint density at radius 2 is 2.00 bits per heavy atom. The van der Waals surface area contributed by atoms with E-state index >= 15 is 0 Å². The molecular weight excluding hydrogens is 497 g/mol. The van der Waals surface area contributed by atoms with E-state index in [4.69, 9.17) is 4.74 Å². The van der Waals surface area contributed by atoms with Crippen LogP contribution in [0.2, 0.25) is 0 Å². The minimum absolute atomic E-state index is 0.0581. The summed E-state index contributed by atoms with van der Waals surface area (Å²) in [6.07, 6.45) is 0.413. The van der Waals surface area contributed by atoms with Crippen LogP contribution in [-0.4, -0.2) is 59.2 Å². The Morgan fingerprint density at radius 1 is 1.31 bits per heavy atom. The monoisotopic (exact) mass is 528 g/mol. The Labute approximate surface area is 208 Å². The van der Waals surface area contributed by atoms with Gasteiger partial charge in [-0.1, -0.05) is 0 Å². The molecule has 1 N–H and O–H groups in total. The topological polar surface area (TPSA) is 103 Å². The first-order chi connectivity index (χ1) is 16.9. The van der Waals surface area contributed by atoms with Crippen molar-refractivity contribution in [2.45, 2.75) is 70.9 Å². The predicted molar refractivity (Wildman–Crippen MR) is 127 cm³/mol. The average Bonchev–Trinajstić information content (AvgIpc) is 3.20. The molecule has 3 heterocycles. The van der Waals surface area contributed by atoms with Crippen LogP contribution in [0.25, 0.3) is 11.3 Å². The number of carbonyl (C=O) groups excluding carboxylic acids is 1. The van der Waals surface area contributed by atoms with Gasteiger partial charge in [0.25, 0.3) is 6.43 Å². The molecule has 36 heavy (non-hydrogen) atoms. The first kappa shape index (κ1) is 26.4. The van der Waals surface area contributed by atoms with Gasteiger partial charge in [-0.25, -0.2) is 26.6 Å². The molecule has 2 aliphatic rings. The Bertz CT molecular complexity index is 1230. The van der Waals surface area contributed by atoms with E-state index in [0.29, 0.717) is 37.8 Å². The Kier molecular flexibility index (Phi) is 7.36. The SMILES string of the molecule is CC(C)n1nc(-c2cc(OCC(F)F)ncc2F)c2c1C[C@H](C(=O)NC1(C)CCS(=O)(=O)CC1)CC2. The van der Waals surface area contributed by atoms with Gasteiger partial charge < -0.3 is 10.1 Å². The van der Waals surface area contributed by atoms with Crippen molar-refractivity contribution in [1.82, 2.24) is 20.1 Å². The average molecular weight is 529 g/mol. The number of pyridine rings is 1. The maximum absolute atomic E-state index is 14.8. The molecule has 198 valence electrons. The number of nitrogens with one attached hydrogen (secondary N) is 1. The normalized spacial score (nSPS) is 20.8.